The summed E-state index contributed by atoms with van der Waals surface area (Å²) >= 11 is 0. The van der Waals surface area contributed by atoms with Crippen molar-refractivity contribution < 1.29 is 51.3 Å². The standard InChI is InChI=1S/C18H20F3N3O10/c1-7(25)31-6-10-13(32-8(2)26)14(33-9(3)27)12(23-16(29)18(19,20)21)15(34-10)24-5-4-11(28)22-17(24)30/h4-5,10,12-15H,6H2,1-3H3,(H,23,29)(H,22,28,30). The number of carbonyl (C=O) groups is 4. The van der Waals surface area contributed by atoms with Crippen LogP contribution in [0, 0.1) is 0 Å². The van der Waals surface area contributed by atoms with Crippen molar-refractivity contribution in [3.8, 4) is 0 Å². The van der Waals surface area contributed by atoms with E-state index >= 15 is 0 Å². The average Bonchev–Trinajstić information content (AvgIpc) is 2.68. The number of H-pyrrole nitrogens is 1. The summed E-state index contributed by atoms with van der Waals surface area (Å²) in [7, 11) is 0. The zero-order valence-electron chi connectivity index (χ0n) is 17.9. The molecule has 1 aliphatic rings. The van der Waals surface area contributed by atoms with Gasteiger partial charge >= 0.3 is 35.7 Å². The molecule has 16 heteroatoms. The number of aromatic nitrogens is 2. The summed E-state index contributed by atoms with van der Waals surface area (Å²) in [6.45, 7) is 2.23. The Labute approximate surface area is 188 Å². The average molecular weight is 495 g/mol. The first-order valence-corrected chi connectivity index (χ1v) is 9.53. The van der Waals surface area contributed by atoms with Crippen LogP contribution < -0.4 is 16.6 Å². The minimum absolute atomic E-state index is 0.615. The second-order valence-corrected chi connectivity index (χ2v) is 7.03. The normalized spacial score (nSPS) is 24.6. The van der Waals surface area contributed by atoms with Crippen LogP contribution in [-0.4, -0.2) is 70.5 Å². The van der Waals surface area contributed by atoms with E-state index in [9.17, 15) is 41.9 Å². The monoisotopic (exact) mass is 495 g/mol. The summed E-state index contributed by atoms with van der Waals surface area (Å²) in [6.07, 6.45) is -11.4. The molecule has 0 saturated carbocycles. The van der Waals surface area contributed by atoms with Gasteiger partial charge in [0, 0.05) is 33.0 Å². The second-order valence-electron chi connectivity index (χ2n) is 7.03. The second kappa shape index (κ2) is 10.5. The highest BCUT2D eigenvalue weighted by atomic mass is 19.4. The van der Waals surface area contributed by atoms with Gasteiger partial charge < -0.3 is 24.3 Å². The Hall–Kier alpha value is -3.69. The molecule has 5 atom stereocenters. The number of hydrogen-bond acceptors (Lipinski definition) is 10. The van der Waals surface area contributed by atoms with E-state index in [-0.39, 0.29) is 0 Å². The van der Waals surface area contributed by atoms with Crippen LogP contribution in [0.25, 0.3) is 0 Å². The number of esters is 3. The molecular formula is C18H20F3N3O10. The number of aromatic amines is 1. The molecule has 0 bridgehead atoms. The number of halogens is 3. The quantitative estimate of drug-likeness (QED) is 0.365. The Morgan fingerprint density at radius 1 is 1.06 bits per heavy atom. The lowest BCUT2D eigenvalue weighted by Gasteiger charge is -2.45. The van der Waals surface area contributed by atoms with Gasteiger partial charge in [-0.25, -0.2) is 4.79 Å². The van der Waals surface area contributed by atoms with Crippen LogP contribution in [-0.2, 0) is 38.1 Å². The van der Waals surface area contributed by atoms with Crippen LogP contribution in [0.4, 0.5) is 13.2 Å². The molecule has 2 N–H and O–H groups in total. The maximum atomic E-state index is 13.0. The van der Waals surface area contributed by atoms with Crippen LogP contribution in [0.3, 0.4) is 0 Å². The molecular weight excluding hydrogens is 475 g/mol. The zero-order chi connectivity index (χ0) is 25.8. The molecule has 1 amide bonds. The summed E-state index contributed by atoms with van der Waals surface area (Å²) in [6, 6.07) is -1.12. The number of nitrogens with zero attached hydrogens (tertiary/aromatic N) is 1. The molecule has 5 unspecified atom stereocenters. The Morgan fingerprint density at radius 2 is 1.65 bits per heavy atom. The molecule has 1 aromatic rings. The summed E-state index contributed by atoms with van der Waals surface area (Å²) < 4.78 is 60.3. The van der Waals surface area contributed by atoms with Gasteiger partial charge in [-0.2, -0.15) is 13.2 Å². The van der Waals surface area contributed by atoms with E-state index in [0.29, 0.717) is 4.57 Å². The molecule has 1 aromatic heterocycles. The fourth-order valence-electron chi connectivity index (χ4n) is 3.17. The number of amides is 1. The molecule has 2 rings (SSSR count). The van der Waals surface area contributed by atoms with Crippen LogP contribution in [0.1, 0.15) is 27.0 Å². The highest BCUT2D eigenvalue weighted by Gasteiger charge is 2.53. The molecule has 2 heterocycles. The summed E-state index contributed by atoms with van der Waals surface area (Å²) in [5.74, 6) is -5.31. The SMILES string of the molecule is CC(=O)OCC1OC(n2ccc(=O)[nH]c2=O)C(NC(=O)C(F)(F)F)C(OC(C)=O)C1OC(C)=O. The van der Waals surface area contributed by atoms with Crippen LogP contribution in [0.15, 0.2) is 21.9 Å². The first-order chi connectivity index (χ1) is 15.7. The van der Waals surface area contributed by atoms with Gasteiger partial charge in [-0.15, -0.1) is 0 Å². The smallest absolute Gasteiger partial charge is 0.463 e. The van der Waals surface area contributed by atoms with Gasteiger partial charge in [-0.1, -0.05) is 0 Å². The van der Waals surface area contributed by atoms with Crippen molar-refractivity contribution in [2.24, 2.45) is 0 Å². The first kappa shape index (κ1) is 26.6. The largest absolute Gasteiger partial charge is 0.471 e. The molecule has 188 valence electrons. The van der Waals surface area contributed by atoms with Gasteiger partial charge in [0.1, 0.15) is 18.8 Å². The number of alkyl halides is 3. The van der Waals surface area contributed by atoms with Crippen molar-refractivity contribution in [2.75, 3.05) is 6.61 Å². The number of carbonyl (C=O) groups excluding carboxylic acids is 4. The van der Waals surface area contributed by atoms with Gasteiger partial charge in [0.15, 0.2) is 18.4 Å². The van der Waals surface area contributed by atoms with Crippen molar-refractivity contribution in [3.63, 3.8) is 0 Å². The number of hydrogen-bond donors (Lipinski definition) is 2. The predicted octanol–water partition coefficient (Wildman–Crippen LogP) is -1.09. The third kappa shape index (κ3) is 6.66. The molecule has 0 aromatic carbocycles. The molecule has 0 radical (unpaired) electrons. The van der Waals surface area contributed by atoms with E-state index in [2.05, 4.69) is 0 Å². The van der Waals surface area contributed by atoms with E-state index in [0.717, 1.165) is 33.0 Å². The van der Waals surface area contributed by atoms with Crippen LogP contribution in [0.5, 0.6) is 0 Å². The molecule has 1 fully saturated rings. The van der Waals surface area contributed by atoms with Crippen molar-refractivity contribution in [2.45, 2.75) is 57.5 Å². The van der Waals surface area contributed by atoms with Gasteiger partial charge in [-0.05, 0) is 0 Å². The fraction of sp³-hybridized carbons (Fsp3) is 0.556. The van der Waals surface area contributed by atoms with Crippen molar-refractivity contribution >= 4 is 23.8 Å². The number of rotatable bonds is 6. The Morgan fingerprint density at radius 3 is 2.15 bits per heavy atom. The molecule has 34 heavy (non-hydrogen) atoms. The third-order valence-electron chi connectivity index (χ3n) is 4.40. The predicted molar refractivity (Wildman–Crippen MR) is 101 cm³/mol. The minimum atomic E-state index is -5.40. The van der Waals surface area contributed by atoms with E-state index in [4.69, 9.17) is 18.9 Å². The highest BCUT2D eigenvalue weighted by molar-refractivity contribution is 5.82. The molecule has 13 nitrogen and oxygen atoms in total. The van der Waals surface area contributed by atoms with Crippen molar-refractivity contribution in [1.29, 1.82) is 0 Å². The zero-order valence-corrected chi connectivity index (χ0v) is 17.9. The van der Waals surface area contributed by atoms with Gasteiger partial charge in [-0.3, -0.25) is 33.5 Å². The van der Waals surface area contributed by atoms with Crippen molar-refractivity contribution in [1.82, 2.24) is 14.9 Å². The highest BCUT2D eigenvalue weighted by Crippen LogP contribution is 2.32. The van der Waals surface area contributed by atoms with E-state index in [1.54, 1.807) is 5.32 Å². The Bertz CT molecular complexity index is 1070. The lowest BCUT2D eigenvalue weighted by molar-refractivity contribution is -0.240. The number of ether oxygens (including phenoxy) is 4. The molecule has 0 spiro atoms. The maximum absolute atomic E-state index is 13.0. The summed E-state index contributed by atoms with van der Waals surface area (Å²) in [5.41, 5.74) is -2.00. The maximum Gasteiger partial charge on any atom is 0.471 e. The van der Waals surface area contributed by atoms with Gasteiger partial charge in [0.2, 0.25) is 0 Å². The van der Waals surface area contributed by atoms with Gasteiger partial charge in [0.25, 0.3) is 5.56 Å². The molecule has 0 aliphatic carbocycles. The van der Waals surface area contributed by atoms with E-state index < -0.39 is 78.4 Å². The van der Waals surface area contributed by atoms with E-state index in [1.807, 2.05) is 4.98 Å². The van der Waals surface area contributed by atoms with Gasteiger partial charge in [0.05, 0.1) is 0 Å². The lowest BCUT2D eigenvalue weighted by Crippen LogP contribution is -2.66. The first-order valence-electron chi connectivity index (χ1n) is 9.53. The fourth-order valence-corrected chi connectivity index (χ4v) is 3.17. The Kier molecular flexibility index (Phi) is 8.20. The molecule has 1 aliphatic heterocycles. The topological polar surface area (TPSA) is 172 Å². The summed E-state index contributed by atoms with van der Waals surface area (Å²) in [4.78, 5) is 72.1. The Balaban J connectivity index is 2.66. The molecule has 1 saturated heterocycles. The van der Waals surface area contributed by atoms with Crippen molar-refractivity contribution in [3.05, 3.63) is 33.1 Å². The minimum Gasteiger partial charge on any atom is -0.463 e. The van der Waals surface area contributed by atoms with Crippen LogP contribution in [0.2, 0.25) is 0 Å². The third-order valence-corrected chi connectivity index (χ3v) is 4.40. The van der Waals surface area contributed by atoms with E-state index in [1.165, 1.54) is 0 Å². The lowest BCUT2D eigenvalue weighted by atomic mass is 9.94. The van der Waals surface area contributed by atoms with Crippen LogP contribution >= 0.6 is 0 Å². The number of nitrogens with one attached hydrogen (secondary N) is 2. The summed E-state index contributed by atoms with van der Waals surface area (Å²) in [5, 5.41) is 1.58.